The zero-order valence-corrected chi connectivity index (χ0v) is 13.8. The minimum Gasteiger partial charge on any atom is -0.397 e. The summed E-state index contributed by atoms with van der Waals surface area (Å²) in [6.45, 7) is 1.93. The summed E-state index contributed by atoms with van der Waals surface area (Å²) in [5, 5.41) is 3.39. The van der Waals surface area contributed by atoms with Crippen molar-refractivity contribution in [1.29, 1.82) is 0 Å². The Balaban J connectivity index is 1.76. The summed E-state index contributed by atoms with van der Waals surface area (Å²) >= 11 is 2.27. The molecule has 2 rings (SSSR count). The van der Waals surface area contributed by atoms with Gasteiger partial charge in [0.15, 0.2) is 0 Å². The SMILES string of the molecule is CN(CCCNc1ccc(I)cc1N)c1ccccc1. The zero-order valence-electron chi connectivity index (χ0n) is 11.6. The highest BCUT2D eigenvalue weighted by molar-refractivity contribution is 14.1. The lowest BCUT2D eigenvalue weighted by Gasteiger charge is -2.19. The molecule has 0 aliphatic heterocycles. The molecule has 0 bridgehead atoms. The summed E-state index contributed by atoms with van der Waals surface area (Å²) in [5.74, 6) is 0. The van der Waals surface area contributed by atoms with Gasteiger partial charge in [0.25, 0.3) is 0 Å². The highest BCUT2D eigenvalue weighted by Gasteiger charge is 2.01. The van der Waals surface area contributed by atoms with E-state index in [1.165, 1.54) is 5.69 Å². The van der Waals surface area contributed by atoms with E-state index in [9.17, 15) is 0 Å². The Hall–Kier alpha value is -1.43. The Morgan fingerprint density at radius 3 is 2.60 bits per heavy atom. The minimum atomic E-state index is 0.813. The van der Waals surface area contributed by atoms with Crippen molar-refractivity contribution >= 4 is 39.7 Å². The standard InChI is InChI=1S/C16H20IN3/c1-20(14-6-3-2-4-7-14)11-5-10-19-16-9-8-13(17)12-15(16)18/h2-4,6-9,12,19H,5,10-11,18H2,1H3. The van der Waals surface area contributed by atoms with Crippen molar-refractivity contribution in [2.24, 2.45) is 0 Å². The van der Waals surface area contributed by atoms with Crippen LogP contribution in [0.4, 0.5) is 17.1 Å². The first kappa shape index (κ1) is 15.0. The number of anilines is 3. The average Bonchev–Trinajstić information content (AvgIpc) is 2.46. The number of para-hydroxylation sites is 1. The van der Waals surface area contributed by atoms with Crippen LogP contribution in [-0.2, 0) is 0 Å². The fraction of sp³-hybridized carbons (Fsp3) is 0.250. The van der Waals surface area contributed by atoms with E-state index in [4.69, 9.17) is 5.73 Å². The van der Waals surface area contributed by atoms with Gasteiger partial charge in [0.1, 0.15) is 0 Å². The van der Waals surface area contributed by atoms with Gasteiger partial charge in [0, 0.05) is 29.4 Å². The molecular weight excluding hydrogens is 361 g/mol. The van der Waals surface area contributed by atoms with Gasteiger partial charge in [-0.15, -0.1) is 0 Å². The van der Waals surface area contributed by atoms with Gasteiger partial charge in [0.2, 0.25) is 0 Å². The predicted molar refractivity (Wildman–Crippen MR) is 96.4 cm³/mol. The molecule has 0 spiro atoms. The molecule has 3 nitrogen and oxygen atoms in total. The molecule has 0 saturated heterocycles. The highest BCUT2D eigenvalue weighted by atomic mass is 127. The Morgan fingerprint density at radius 1 is 1.15 bits per heavy atom. The fourth-order valence-corrected chi connectivity index (χ4v) is 2.56. The van der Waals surface area contributed by atoms with E-state index in [0.29, 0.717) is 0 Å². The molecule has 106 valence electrons. The van der Waals surface area contributed by atoms with Gasteiger partial charge in [-0.1, -0.05) is 18.2 Å². The first-order valence-electron chi connectivity index (χ1n) is 6.72. The normalized spacial score (nSPS) is 10.3. The Bertz CT molecular complexity index is 543. The van der Waals surface area contributed by atoms with Crippen molar-refractivity contribution in [3.05, 3.63) is 52.1 Å². The lowest BCUT2D eigenvalue weighted by Crippen LogP contribution is -2.20. The van der Waals surface area contributed by atoms with Crippen LogP contribution in [0.3, 0.4) is 0 Å². The lowest BCUT2D eigenvalue weighted by atomic mass is 10.2. The number of nitrogens with one attached hydrogen (secondary N) is 1. The molecule has 0 unspecified atom stereocenters. The molecule has 2 aromatic rings. The molecule has 0 radical (unpaired) electrons. The van der Waals surface area contributed by atoms with Crippen LogP contribution in [0, 0.1) is 3.57 Å². The Labute approximate surface area is 134 Å². The van der Waals surface area contributed by atoms with Gasteiger partial charge in [0.05, 0.1) is 11.4 Å². The molecule has 0 fully saturated rings. The second kappa shape index (κ2) is 7.38. The van der Waals surface area contributed by atoms with Gasteiger partial charge < -0.3 is 16.0 Å². The number of nitrogens with zero attached hydrogens (tertiary/aromatic N) is 1. The molecule has 0 heterocycles. The molecule has 0 atom stereocenters. The summed E-state index contributed by atoms with van der Waals surface area (Å²) in [7, 11) is 2.12. The average molecular weight is 381 g/mol. The number of benzene rings is 2. The molecule has 0 saturated carbocycles. The molecule has 0 aliphatic rings. The maximum absolute atomic E-state index is 5.98. The van der Waals surface area contributed by atoms with Crippen LogP contribution < -0.4 is 16.0 Å². The van der Waals surface area contributed by atoms with E-state index < -0.39 is 0 Å². The number of hydrogen-bond acceptors (Lipinski definition) is 3. The summed E-state index contributed by atoms with van der Waals surface area (Å²) in [6.07, 6.45) is 1.07. The van der Waals surface area contributed by atoms with Gasteiger partial charge in [-0.2, -0.15) is 0 Å². The molecule has 3 N–H and O–H groups in total. The number of nitrogens with two attached hydrogens (primary N) is 1. The third-order valence-electron chi connectivity index (χ3n) is 3.20. The Kier molecular flexibility index (Phi) is 5.52. The van der Waals surface area contributed by atoms with E-state index in [1.807, 2.05) is 18.2 Å². The first-order valence-corrected chi connectivity index (χ1v) is 7.80. The van der Waals surface area contributed by atoms with Gasteiger partial charge >= 0.3 is 0 Å². The maximum atomic E-state index is 5.98. The number of nitrogen functional groups attached to an aromatic ring is 1. The first-order chi connectivity index (χ1) is 9.66. The van der Waals surface area contributed by atoms with Crippen molar-refractivity contribution < 1.29 is 0 Å². The van der Waals surface area contributed by atoms with Crippen LogP contribution in [-0.4, -0.2) is 20.1 Å². The number of rotatable bonds is 6. The summed E-state index contributed by atoms with van der Waals surface area (Å²) < 4.78 is 1.16. The van der Waals surface area contributed by atoms with Gasteiger partial charge in [-0.25, -0.2) is 0 Å². The third kappa shape index (κ3) is 4.30. The lowest BCUT2D eigenvalue weighted by molar-refractivity contribution is 0.817. The molecule has 20 heavy (non-hydrogen) atoms. The number of hydrogen-bond donors (Lipinski definition) is 2. The van der Waals surface area contributed by atoms with Crippen molar-refractivity contribution in [1.82, 2.24) is 0 Å². The zero-order chi connectivity index (χ0) is 14.4. The Morgan fingerprint density at radius 2 is 1.90 bits per heavy atom. The molecular formula is C16H20IN3. The van der Waals surface area contributed by atoms with E-state index >= 15 is 0 Å². The van der Waals surface area contributed by atoms with Crippen LogP contribution in [0.15, 0.2) is 48.5 Å². The highest BCUT2D eigenvalue weighted by Crippen LogP contribution is 2.20. The monoisotopic (exact) mass is 381 g/mol. The maximum Gasteiger partial charge on any atom is 0.0574 e. The van der Waals surface area contributed by atoms with Crippen molar-refractivity contribution in [3.63, 3.8) is 0 Å². The van der Waals surface area contributed by atoms with Crippen LogP contribution in [0.25, 0.3) is 0 Å². The smallest absolute Gasteiger partial charge is 0.0574 e. The van der Waals surface area contributed by atoms with Crippen molar-refractivity contribution in [2.45, 2.75) is 6.42 Å². The molecule has 0 aliphatic carbocycles. The quantitative estimate of drug-likeness (QED) is 0.454. The van der Waals surface area contributed by atoms with E-state index in [0.717, 1.165) is 34.5 Å². The molecule has 0 amide bonds. The van der Waals surface area contributed by atoms with E-state index in [2.05, 4.69) is 70.2 Å². The third-order valence-corrected chi connectivity index (χ3v) is 3.87. The summed E-state index contributed by atoms with van der Waals surface area (Å²) in [6, 6.07) is 16.5. The molecule has 2 aromatic carbocycles. The van der Waals surface area contributed by atoms with E-state index in [1.54, 1.807) is 0 Å². The molecule has 4 heteroatoms. The summed E-state index contributed by atoms with van der Waals surface area (Å²) in [5.41, 5.74) is 9.06. The fourth-order valence-electron chi connectivity index (χ4n) is 2.05. The van der Waals surface area contributed by atoms with E-state index in [-0.39, 0.29) is 0 Å². The number of halogens is 1. The second-order valence-corrected chi connectivity index (χ2v) is 6.01. The van der Waals surface area contributed by atoms with Crippen molar-refractivity contribution in [2.75, 3.05) is 36.1 Å². The van der Waals surface area contributed by atoms with Crippen LogP contribution in [0.1, 0.15) is 6.42 Å². The van der Waals surface area contributed by atoms with Crippen LogP contribution >= 0.6 is 22.6 Å². The largest absolute Gasteiger partial charge is 0.397 e. The van der Waals surface area contributed by atoms with Gasteiger partial charge in [-0.3, -0.25) is 0 Å². The predicted octanol–water partition coefficient (Wildman–Crippen LogP) is 3.81. The summed E-state index contributed by atoms with van der Waals surface area (Å²) in [4.78, 5) is 2.26. The second-order valence-electron chi connectivity index (χ2n) is 4.77. The van der Waals surface area contributed by atoms with Crippen molar-refractivity contribution in [3.8, 4) is 0 Å². The topological polar surface area (TPSA) is 41.3 Å². The van der Waals surface area contributed by atoms with Crippen LogP contribution in [0.5, 0.6) is 0 Å². The van der Waals surface area contributed by atoms with Crippen LogP contribution in [0.2, 0.25) is 0 Å². The van der Waals surface area contributed by atoms with Gasteiger partial charge in [-0.05, 0) is 59.3 Å². The molecule has 0 aromatic heterocycles. The minimum absolute atomic E-state index is 0.813.